The second-order valence-corrected chi connectivity index (χ2v) is 5.27. The normalized spacial score (nSPS) is 13.3. The minimum absolute atomic E-state index is 0.0400. The third-order valence-corrected chi connectivity index (χ3v) is 3.89. The van der Waals surface area contributed by atoms with Gasteiger partial charge in [0.25, 0.3) is 0 Å². The van der Waals surface area contributed by atoms with E-state index in [1.54, 1.807) is 32.6 Å². The van der Waals surface area contributed by atoms with Gasteiger partial charge in [-0.05, 0) is 6.92 Å². The van der Waals surface area contributed by atoms with Gasteiger partial charge < -0.3 is 19.7 Å². The van der Waals surface area contributed by atoms with Crippen molar-refractivity contribution in [1.82, 2.24) is 15.2 Å². The highest BCUT2D eigenvalue weighted by Gasteiger charge is 2.12. The minimum Gasteiger partial charge on any atom is -0.383 e. The second kappa shape index (κ2) is 8.89. The van der Waals surface area contributed by atoms with E-state index in [2.05, 4.69) is 20.7 Å². The van der Waals surface area contributed by atoms with E-state index in [9.17, 15) is 0 Å². The fourth-order valence-electron chi connectivity index (χ4n) is 1.65. The van der Waals surface area contributed by atoms with Gasteiger partial charge in [-0.2, -0.15) is 0 Å². The second-order valence-electron chi connectivity index (χ2n) is 4.38. The van der Waals surface area contributed by atoms with Gasteiger partial charge in [0.2, 0.25) is 0 Å². The third-order valence-electron chi connectivity index (χ3n) is 2.83. The van der Waals surface area contributed by atoms with Crippen LogP contribution >= 0.6 is 11.3 Å². The zero-order valence-corrected chi connectivity index (χ0v) is 13.7. The SMILES string of the molecule is CN=C(NCCOC)N(C)Cc1csc(C(C)OC)n1. The lowest BCUT2D eigenvalue weighted by atomic mass is 10.4. The van der Waals surface area contributed by atoms with Gasteiger partial charge >= 0.3 is 0 Å². The molecule has 0 saturated heterocycles. The number of nitrogens with zero attached hydrogens (tertiary/aromatic N) is 3. The molecule has 1 aromatic heterocycles. The van der Waals surface area contributed by atoms with Crippen molar-refractivity contribution in [3.63, 3.8) is 0 Å². The van der Waals surface area contributed by atoms with Crippen molar-refractivity contribution in [3.05, 3.63) is 16.1 Å². The fraction of sp³-hybridized carbons (Fsp3) is 0.692. The summed E-state index contributed by atoms with van der Waals surface area (Å²) in [6, 6.07) is 0. The average molecular weight is 300 g/mol. The number of nitrogens with one attached hydrogen (secondary N) is 1. The molecule has 1 atom stereocenters. The van der Waals surface area contributed by atoms with Gasteiger partial charge in [-0.1, -0.05) is 0 Å². The zero-order valence-electron chi connectivity index (χ0n) is 12.8. The van der Waals surface area contributed by atoms with E-state index in [0.29, 0.717) is 13.2 Å². The minimum atomic E-state index is 0.0400. The van der Waals surface area contributed by atoms with Crippen LogP contribution in [-0.4, -0.2) is 57.3 Å². The van der Waals surface area contributed by atoms with Crippen molar-refractivity contribution < 1.29 is 9.47 Å². The van der Waals surface area contributed by atoms with Crippen LogP contribution in [0.1, 0.15) is 23.7 Å². The number of hydrogen-bond donors (Lipinski definition) is 1. The van der Waals surface area contributed by atoms with Crippen molar-refractivity contribution in [3.8, 4) is 0 Å². The van der Waals surface area contributed by atoms with Gasteiger partial charge in [0, 0.05) is 40.2 Å². The molecule has 1 unspecified atom stereocenters. The molecule has 0 spiro atoms. The first-order valence-electron chi connectivity index (χ1n) is 6.50. The molecule has 0 aromatic carbocycles. The number of aliphatic imine (C=N–C) groups is 1. The van der Waals surface area contributed by atoms with E-state index in [1.165, 1.54) is 0 Å². The maximum Gasteiger partial charge on any atom is 0.193 e. The van der Waals surface area contributed by atoms with Crippen LogP contribution in [-0.2, 0) is 16.0 Å². The van der Waals surface area contributed by atoms with Crippen LogP contribution in [0.2, 0.25) is 0 Å². The Hall–Kier alpha value is -1.18. The molecular formula is C13H24N4O2S. The third kappa shape index (κ3) is 5.07. The van der Waals surface area contributed by atoms with Crippen LogP contribution < -0.4 is 5.32 Å². The van der Waals surface area contributed by atoms with Gasteiger partial charge in [-0.3, -0.25) is 4.99 Å². The highest BCUT2D eigenvalue weighted by atomic mass is 32.1. The number of aromatic nitrogens is 1. The maximum atomic E-state index is 5.27. The summed E-state index contributed by atoms with van der Waals surface area (Å²) < 4.78 is 10.3. The van der Waals surface area contributed by atoms with Crippen LogP contribution in [0.15, 0.2) is 10.4 Å². The molecule has 114 valence electrons. The van der Waals surface area contributed by atoms with Crippen molar-refractivity contribution in [2.75, 3.05) is 41.5 Å². The Kier molecular flexibility index (Phi) is 7.50. The molecule has 0 saturated carbocycles. The standard InChI is InChI=1S/C13H24N4O2S/c1-10(19-5)12-16-11(9-20-12)8-17(3)13(14-2)15-6-7-18-4/h9-10H,6-8H2,1-5H3,(H,14,15). The van der Waals surface area contributed by atoms with Crippen LogP contribution in [0.5, 0.6) is 0 Å². The summed E-state index contributed by atoms with van der Waals surface area (Å²) in [5.41, 5.74) is 1.02. The lowest BCUT2D eigenvalue weighted by molar-refractivity contribution is 0.119. The Bertz CT molecular complexity index is 422. The molecule has 7 heteroatoms. The molecule has 0 aliphatic rings. The lowest BCUT2D eigenvalue weighted by Crippen LogP contribution is -2.39. The summed E-state index contributed by atoms with van der Waals surface area (Å²) in [4.78, 5) is 10.9. The molecule has 1 heterocycles. The average Bonchev–Trinajstić information content (AvgIpc) is 2.91. The van der Waals surface area contributed by atoms with E-state index in [1.807, 2.05) is 18.9 Å². The number of rotatable bonds is 7. The Morgan fingerprint density at radius 3 is 2.90 bits per heavy atom. The Morgan fingerprint density at radius 2 is 2.30 bits per heavy atom. The number of hydrogen-bond acceptors (Lipinski definition) is 5. The molecule has 0 aliphatic carbocycles. The van der Waals surface area contributed by atoms with Gasteiger partial charge in [-0.15, -0.1) is 11.3 Å². The molecule has 20 heavy (non-hydrogen) atoms. The first kappa shape index (κ1) is 16.9. The first-order valence-corrected chi connectivity index (χ1v) is 7.38. The molecule has 0 radical (unpaired) electrons. The van der Waals surface area contributed by atoms with Crippen molar-refractivity contribution in [1.29, 1.82) is 0 Å². The molecule has 0 bridgehead atoms. The molecule has 1 rings (SSSR count). The topological polar surface area (TPSA) is 59.0 Å². The van der Waals surface area contributed by atoms with Crippen LogP contribution in [0.25, 0.3) is 0 Å². The summed E-state index contributed by atoms with van der Waals surface area (Å²) in [7, 11) is 7.13. The summed E-state index contributed by atoms with van der Waals surface area (Å²) >= 11 is 1.62. The fourth-order valence-corrected chi connectivity index (χ4v) is 2.49. The maximum absolute atomic E-state index is 5.27. The predicted molar refractivity (Wildman–Crippen MR) is 82.2 cm³/mol. The molecule has 0 fully saturated rings. The number of ether oxygens (including phenoxy) is 2. The lowest BCUT2D eigenvalue weighted by Gasteiger charge is -2.21. The largest absolute Gasteiger partial charge is 0.383 e. The monoisotopic (exact) mass is 300 g/mol. The van der Waals surface area contributed by atoms with E-state index in [4.69, 9.17) is 9.47 Å². The summed E-state index contributed by atoms with van der Waals surface area (Å²) in [6.07, 6.45) is 0.0400. The molecule has 1 N–H and O–H groups in total. The number of methoxy groups -OCH3 is 2. The summed E-state index contributed by atoms with van der Waals surface area (Å²) in [5.74, 6) is 0.830. The van der Waals surface area contributed by atoms with Gasteiger partial charge in [0.1, 0.15) is 11.1 Å². The van der Waals surface area contributed by atoms with E-state index < -0.39 is 0 Å². The van der Waals surface area contributed by atoms with Crippen molar-refractivity contribution in [2.24, 2.45) is 4.99 Å². The Balaban J connectivity index is 2.55. The van der Waals surface area contributed by atoms with E-state index >= 15 is 0 Å². The molecule has 1 aromatic rings. The highest BCUT2D eigenvalue weighted by Crippen LogP contribution is 2.20. The van der Waals surface area contributed by atoms with Crippen molar-refractivity contribution >= 4 is 17.3 Å². The molecule has 0 amide bonds. The van der Waals surface area contributed by atoms with Crippen molar-refractivity contribution in [2.45, 2.75) is 19.6 Å². The summed E-state index contributed by atoms with van der Waals surface area (Å²) in [6.45, 7) is 4.09. The van der Waals surface area contributed by atoms with Gasteiger partial charge in [0.15, 0.2) is 5.96 Å². The Morgan fingerprint density at radius 1 is 1.55 bits per heavy atom. The van der Waals surface area contributed by atoms with Crippen LogP contribution in [0.4, 0.5) is 0 Å². The first-order chi connectivity index (χ1) is 9.62. The molecular weight excluding hydrogens is 276 g/mol. The number of guanidine groups is 1. The number of thiazole rings is 1. The van der Waals surface area contributed by atoms with Crippen LogP contribution in [0, 0.1) is 0 Å². The zero-order chi connectivity index (χ0) is 15.0. The van der Waals surface area contributed by atoms with Gasteiger partial charge in [-0.25, -0.2) is 4.98 Å². The smallest absolute Gasteiger partial charge is 0.193 e. The molecule has 0 aliphatic heterocycles. The highest BCUT2D eigenvalue weighted by molar-refractivity contribution is 7.09. The van der Waals surface area contributed by atoms with Crippen LogP contribution in [0.3, 0.4) is 0 Å². The quantitative estimate of drug-likeness (QED) is 0.470. The van der Waals surface area contributed by atoms with E-state index in [0.717, 1.165) is 23.2 Å². The van der Waals surface area contributed by atoms with E-state index in [-0.39, 0.29) is 6.10 Å². The van der Waals surface area contributed by atoms with Gasteiger partial charge in [0.05, 0.1) is 18.8 Å². The Labute approximate surface area is 124 Å². The summed E-state index contributed by atoms with van der Waals surface area (Å²) in [5, 5.41) is 6.29. The predicted octanol–water partition coefficient (Wildman–Crippen LogP) is 1.50. The molecule has 6 nitrogen and oxygen atoms in total.